The van der Waals surface area contributed by atoms with E-state index in [0.29, 0.717) is 52.7 Å². The zero-order valence-electron chi connectivity index (χ0n) is 35.7. The molecule has 0 aliphatic rings. The molecule has 0 bridgehead atoms. The van der Waals surface area contributed by atoms with Gasteiger partial charge in [-0.05, 0) is 119 Å². The van der Waals surface area contributed by atoms with Crippen molar-refractivity contribution in [2.24, 2.45) is 11.5 Å². The first kappa shape index (κ1) is 54.4. The van der Waals surface area contributed by atoms with E-state index in [2.05, 4.69) is 22.9 Å². The monoisotopic (exact) mass is 821 g/mol. The average molecular weight is 821 g/mol. The van der Waals surface area contributed by atoms with Gasteiger partial charge in [0, 0.05) is 106 Å². The average Bonchev–Trinajstić information content (AvgIpc) is 3.12. The second-order valence-corrected chi connectivity index (χ2v) is 25.4. The zero-order chi connectivity index (χ0) is 39.8. The zero-order valence-corrected chi connectivity index (χ0v) is 39.7. The molecule has 0 aromatic heterocycles. The van der Waals surface area contributed by atoms with Crippen molar-refractivity contribution >= 4 is 34.7 Å². The van der Waals surface area contributed by atoms with Crippen molar-refractivity contribution in [1.29, 1.82) is 0 Å². The Morgan fingerprint density at radius 3 is 0.808 bits per heavy atom. The molecule has 0 aromatic carbocycles. The Bertz CT molecular complexity index is 707. The van der Waals surface area contributed by atoms with Crippen LogP contribution in [0.1, 0.15) is 67.2 Å². The second-order valence-electron chi connectivity index (χ2n) is 12.7. The van der Waals surface area contributed by atoms with Gasteiger partial charge in [0.1, 0.15) is 0 Å². The maximum Gasteiger partial charge on any atom is 0.500 e. The number of nitrogens with zero attached hydrogens (tertiary/aromatic N) is 2. The van der Waals surface area contributed by atoms with Crippen LogP contribution in [0.2, 0.25) is 37.3 Å². The Morgan fingerprint density at radius 1 is 0.385 bits per heavy atom. The van der Waals surface area contributed by atoms with Crippen LogP contribution < -0.4 is 11.5 Å². The molecule has 14 nitrogen and oxygen atoms in total. The Hall–Kier alpha value is 0.308. The minimum atomic E-state index is -2.59. The molecule has 0 rings (SSSR count). The van der Waals surface area contributed by atoms with E-state index in [0.717, 1.165) is 89.1 Å². The maximum absolute atomic E-state index is 5.97. The highest BCUT2D eigenvalue weighted by Crippen LogP contribution is 2.21. The molecule has 0 amide bonds. The summed E-state index contributed by atoms with van der Waals surface area (Å²) in [5.74, 6) is 0. The Labute approximate surface area is 324 Å². The van der Waals surface area contributed by atoms with Gasteiger partial charge in [0.25, 0.3) is 0 Å². The van der Waals surface area contributed by atoms with Crippen LogP contribution in [0.4, 0.5) is 0 Å². The van der Waals surface area contributed by atoms with Crippen molar-refractivity contribution in [1.82, 2.24) is 9.80 Å². The topological polar surface area (TPSA) is 151 Å². The summed E-state index contributed by atoms with van der Waals surface area (Å²) in [4.78, 5) is 4.81. The van der Waals surface area contributed by atoms with Crippen LogP contribution in [-0.2, 0) is 44.3 Å². The van der Waals surface area contributed by atoms with E-state index in [9.17, 15) is 0 Å². The van der Waals surface area contributed by atoms with Crippen molar-refractivity contribution in [3.05, 3.63) is 0 Å². The molecule has 4 N–H and O–H groups in total. The molecule has 0 atom stereocenters. The van der Waals surface area contributed by atoms with E-state index in [4.69, 9.17) is 55.7 Å². The van der Waals surface area contributed by atoms with E-state index in [1.807, 2.05) is 41.5 Å². The number of hydrogen-bond acceptors (Lipinski definition) is 14. The highest BCUT2D eigenvalue weighted by Gasteiger charge is 2.41. The third-order valence-corrected chi connectivity index (χ3v) is 21.2. The predicted octanol–water partition coefficient (Wildman–Crippen LogP) is 4.88. The molecule has 0 radical (unpaired) electrons. The minimum Gasteiger partial charge on any atom is -0.398 e. The quantitative estimate of drug-likeness (QED) is 0.0827. The molecule has 0 unspecified atom stereocenters. The van der Waals surface area contributed by atoms with Gasteiger partial charge in [-0.2, -0.15) is 0 Å². The number of nitrogens with two attached hydrogens (primary N) is 2. The van der Waals surface area contributed by atoms with Crippen molar-refractivity contribution < 1.29 is 44.3 Å². The highest BCUT2D eigenvalue weighted by molar-refractivity contribution is 6.66. The summed E-state index contributed by atoms with van der Waals surface area (Å²) in [6.07, 6.45) is 4.07. The summed E-state index contributed by atoms with van der Waals surface area (Å²) < 4.78 is 57.9. The van der Waals surface area contributed by atoms with E-state index in [-0.39, 0.29) is 0 Å². The lowest BCUT2D eigenvalue weighted by molar-refractivity contribution is 0.0693. The molecule has 0 fully saturated rings. The van der Waals surface area contributed by atoms with Gasteiger partial charge in [0.2, 0.25) is 0 Å². The van der Waals surface area contributed by atoms with Crippen LogP contribution in [-0.4, -0.2) is 165 Å². The first-order valence-electron chi connectivity index (χ1n) is 19.8. The summed E-state index contributed by atoms with van der Waals surface area (Å²) in [6, 6.07) is 3.64. The van der Waals surface area contributed by atoms with Gasteiger partial charge in [0.05, 0.1) is 0 Å². The maximum atomic E-state index is 5.97. The van der Waals surface area contributed by atoms with Crippen molar-refractivity contribution in [3.8, 4) is 0 Å². The lowest BCUT2D eigenvalue weighted by atomic mass is 10.3. The number of rotatable bonds is 36. The summed E-state index contributed by atoms with van der Waals surface area (Å²) in [7, 11) is -2.10. The molecule has 18 heteroatoms. The molecule has 0 spiro atoms. The normalized spacial score (nSPS) is 12.9. The van der Waals surface area contributed by atoms with Crippen LogP contribution in [0.5, 0.6) is 0 Å². The summed E-state index contributed by atoms with van der Waals surface area (Å²) >= 11 is 0. The van der Waals surface area contributed by atoms with Crippen molar-refractivity contribution in [3.63, 3.8) is 0 Å². The fourth-order valence-corrected chi connectivity index (χ4v) is 13.8. The van der Waals surface area contributed by atoms with Gasteiger partial charge < -0.3 is 65.5 Å². The van der Waals surface area contributed by atoms with E-state index in [1.54, 1.807) is 28.4 Å². The first-order valence-corrected chi connectivity index (χ1v) is 28.7. The fourth-order valence-electron chi connectivity index (χ4n) is 5.90. The second kappa shape index (κ2) is 33.4. The van der Waals surface area contributed by atoms with Gasteiger partial charge in [-0.1, -0.05) is 0 Å². The van der Waals surface area contributed by atoms with Crippen molar-refractivity contribution in [2.75, 3.05) is 120 Å². The van der Waals surface area contributed by atoms with Crippen molar-refractivity contribution in [2.45, 2.75) is 104 Å². The first-order chi connectivity index (χ1) is 24.9. The molecule has 0 saturated heterocycles. The molecule has 0 aromatic rings. The molecule has 316 valence electrons. The lowest BCUT2D eigenvalue weighted by Gasteiger charge is -2.31. The molecular weight excluding hydrogens is 737 g/mol. The van der Waals surface area contributed by atoms with Gasteiger partial charge in [-0.15, -0.1) is 0 Å². The Morgan fingerprint density at radius 2 is 0.615 bits per heavy atom. The fraction of sp³-hybridized carbons (Fsp3) is 1.00. The summed E-state index contributed by atoms with van der Waals surface area (Å²) in [5, 5.41) is 0. The number of hydrogen-bond donors (Lipinski definition) is 2. The van der Waals surface area contributed by atoms with Gasteiger partial charge >= 0.3 is 34.7 Å². The lowest BCUT2D eigenvalue weighted by Crippen LogP contribution is -2.47. The van der Waals surface area contributed by atoms with Gasteiger partial charge in [-0.3, -0.25) is 0 Å². The van der Waals surface area contributed by atoms with Crippen LogP contribution in [0.15, 0.2) is 0 Å². The minimum absolute atomic E-state index is 0.609. The largest absolute Gasteiger partial charge is 0.500 e. The Kier molecular flexibility index (Phi) is 35.0. The molecular formula is C34H84N4O10Si4. The predicted molar refractivity (Wildman–Crippen MR) is 221 cm³/mol. The van der Waals surface area contributed by atoms with Crippen LogP contribution in [0.25, 0.3) is 0 Å². The summed E-state index contributed by atoms with van der Waals surface area (Å²) in [5.41, 5.74) is 11.6. The van der Waals surface area contributed by atoms with Gasteiger partial charge in [-0.25, -0.2) is 0 Å². The van der Waals surface area contributed by atoms with Crippen LogP contribution in [0.3, 0.4) is 0 Å². The third-order valence-electron chi connectivity index (χ3n) is 8.93. The molecule has 0 saturated carbocycles. The molecule has 52 heavy (non-hydrogen) atoms. The smallest absolute Gasteiger partial charge is 0.398 e. The highest BCUT2D eigenvalue weighted by atomic mass is 28.4. The van der Waals surface area contributed by atoms with Crippen LogP contribution >= 0.6 is 0 Å². The summed E-state index contributed by atoms with van der Waals surface area (Å²) in [6.45, 7) is 26.9. The van der Waals surface area contributed by atoms with Crippen LogP contribution in [0, 0.1) is 0 Å². The third kappa shape index (κ3) is 24.7. The standard InChI is InChI=1S/C20H48N2O6Si2.C14H36N2O4Si2/c1-7-23-29(24-8-2,25-9-3)19-13-16-22(18-15-21)17-14-20-30(26-10-4,27-11-5)28-12-6;1-17-21(5,18-2)13-7-10-16(12-9-15)11-8-14-22(6,19-3)20-4/h7-21H2,1-6H3;7-15H2,1-6H3. The van der Waals surface area contributed by atoms with E-state index in [1.165, 1.54) is 0 Å². The SMILES string of the molecule is CCO[Si](CCCN(CCN)CCC[Si](OCC)(OCC)OCC)(OCC)OCC.CO[Si](C)(CCCN(CCN)CCC[Si](C)(OC)OC)OC. The Balaban J connectivity index is 0. The van der Waals surface area contributed by atoms with E-state index < -0.39 is 34.7 Å². The molecule has 0 aliphatic carbocycles. The molecule has 0 heterocycles. The van der Waals surface area contributed by atoms with Gasteiger partial charge in [0.15, 0.2) is 0 Å². The van der Waals surface area contributed by atoms with E-state index >= 15 is 0 Å². The molecule has 0 aliphatic heterocycles.